The third kappa shape index (κ3) is 4.91. The van der Waals surface area contributed by atoms with Crippen molar-refractivity contribution in [3.8, 4) is 0 Å². The molecule has 0 radical (unpaired) electrons. The van der Waals surface area contributed by atoms with E-state index in [0.29, 0.717) is 5.91 Å². The van der Waals surface area contributed by atoms with Gasteiger partial charge in [-0.05, 0) is 12.8 Å². The van der Waals surface area contributed by atoms with Crippen molar-refractivity contribution in [1.82, 2.24) is 4.90 Å². The molecule has 13 heavy (non-hydrogen) atoms. The van der Waals surface area contributed by atoms with E-state index in [1.54, 1.807) is 0 Å². The Hall–Kier alpha value is -0.530. The van der Waals surface area contributed by atoms with Gasteiger partial charge in [0.25, 0.3) is 0 Å². The molecule has 0 unspecified atom stereocenters. The lowest BCUT2D eigenvalue weighted by Gasteiger charge is -2.23. The number of amides is 1. The third-order valence-electron chi connectivity index (χ3n) is 2.08. The quantitative estimate of drug-likeness (QED) is 0.623. The summed E-state index contributed by atoms with van der Waals surface area (Å²) in [6.45, 7) is 10.1. The molecule has 0 N–H and O–H groups in total. The molecule has 0 fully saturated rings. The lowest BCUT2D eigenvalue weighted by Crippen LogP contribution is -2.35. The van der Waals surface area contributed by atoms with Gasteiger partial charge in [0.15, 0.2) is 0 Å². The number of unbranched alkanes of at least 4 members (excludes halogenated alkanes) is 1. The molecule has 0 saturated heterocycles. The molecule has 0 aromatic heterocycles. The molecule has 0 saturated carbocycles. The van der Waals surface area contributed by atoms with Crippen molar-refractivity contribution in [3.63, 3.8) is 0 Å². The van der Waals surface area contributed by atoms with Crippen LogP contribution in [0.15, 0.2) is 0 Å². The van der Waals surface area contributed by atoms with E-state index in [-0.39, 0.29) is 5.92 Å². The molecule has 0 spiro atoms. The van der Waals surface area contributed by atoms with Crippen LogP contribution in [0.25, 0.3) is 0 Å². The number of nitrogens with zero attached hydrogens (tertiary/aromatic N) is 1. The van der Waals surface area contributed by atoms with Crippen molar-refractivity contribution in [2.45, 2.75) is 47.0 Å². The first-order valence-corrected chi connectivity index (χ1v) is 5.42. The van der Waals surface area contributed by atoms with Gasteiger partial charge in [-0.15, -0.1) is 0 Å². The smallest absolute Gasteiger partial charge is 0.225 e. The second-order valence-corrected chi connectivity index (χ2v) is 3.83. The van der Waals surface area contributed by atoms with Gasteiger partial charge in [-0.3, -0.25) is 4.79 Å². The number of rotatable bonds is 6. The summed E-state index contributed by atoms with van der Waals surface area (Å²) in [6.07, 6.45) is 3.34. The first-order valence-electron chi connectivity index (χ1n) is 5.42. The molecule has 0 aliphatic rings. The average Bonchev–Trinajstić information content (AvgIpc) is 2.11. The molecular formula is C11H23NO. The van der Waals surface area contributed by atoms with E-state index in [4.69, 9.17) is 0 Å². The summed E-state index contributed by atoms with van der Waals surface area (Å²) in [5, 5.41) is 0. The van der Waals surface area contributed by atoms with Gasteiger partial charge in [0.1, 0.15) is 0 Å². The lowest BCUT2D eigenvalue weighted by molar-refractivity contribution is -0.134. The van der Waals surface area contributed by atoms with Crippen LogP contribution >= 0.6 is 0 Å². The Morgan fingerprint density at radius 1 is 1.15 bits per heavy atom. The van der Waals surface area contributed by atoms with Crippen LogP contribution in [0, 0.1) is 5.92 Å². The summed E-state index contributed by atoms with van der Waals surface area (Å²) in [5.74, 6) is 0.443. The Morgan fingerprint density at radius 2 is 1.77 bits per heavy atom. The number of carbonyl (C=O) groups excluding carboxylic acids is 1. The summed E-state index contributed by atoms with van der Waals surface area (Å²) >= 11 is 0. The largest absolute Gasteiger partial charge is 0.342 e. The zero-order chi connectivity index (χ0) is 10.3. The Balaban J connectivity index is 3.99. The highest BCUT2D eigenvalue weighted by atomic mass is 16.2. The topological polar surface area (TPSA) is 20.3 Å². The van der Waals surface area contributed by atoms with E-state index in [2.05, 4.69) is 13.8 Å². The normalized spacial score (nSPS) is 10.5. The highest BCUT2D eigenvalue weighted by Crippen LogP contribution is 2.04. The summed E-state index contributed by atoms with van der Waals surface area (Å²) in [5.41, 5.74) is 0. The fourth-order valence-corrected chi connectivity index (χ4v) is 1.32. The number of hydrogen-bond acceptors (Lipinski definition) is 1. The van der Waals surface area contributed by atoms with E-state index in [0.717, 1.165) is 32.4 Å². The van der Waals surface area contributed by atoms with Crippen LogP contribution in [0.1, 0.15) is 47.0 Å². The third-order valence-corrected chi connectivity index (χ3v) is 2.08. The second-order valence-electron chi connectivity index (χ2n) is 3.83. The zero-order valence-electron chi connectivity index (χ0n) is 9.47. The standard InChI is InChI=1S/C11H23NO/c1-5-7-9-12(8-6-2)11(13)10(3)4/h10H,5-9H2,1-4H3. The minimum absolute atomic E-state index is 0.142. The van der Waals surface area contributed by atoms with Crippen LogP contribution in [-0.2, 0) is 4.79 Å². The molecule has 0 aliphatic heterocycles. The van der Waals surface area contributed by atoms with Crippen molar-refractivity contribution in [3.05, 3.63) is 0 Å². The molecule has 2 heteroatoms. The second kappa shape index (κ2) is 6.93. The summed E-state index contributed by atoms with van der Waals surface area (Å²) in [4.78, 5) is 13.7. The predicted octanol–water partition coefficient (Wildman–Crippen LogP) is 2.68. The van der Waals surface area contributed by atoms with Crippen LogP contribution in [0.3, 0.4) is 0 Å². The highest BCUT2D eigenvalue weighted by Gasteiger charge is 2.14. The Bertz CT molecular complexity index is 143. The molecule has 78 valence electrons. The molecule has 0 aromatic carbocycles. The van der Waals surface area contributed by atoms with E-state index in [9.17, 15) is 4.79 Å². The van der Waals surface area contributed by atoms with Gasteiger partial charge in [-0.1, -0.05) is 34.1 Å². The van der Waals surface area contributed by atoms with Crippen LogP contribution < -0.4 is 0 Å². The molecule has 0 atom stereocenters. The fourth-order valence-electron chi connectivity index (χ4n) is 1.32. The van der Waals surface area contributed by atoms with Gasteiger partial charge in [-0.25, -0.2) is 0 Å². The average molecular weight is 185 g/mol. The molecule has 0 aliphatic carbocycles. The molecular weight excluding hydrogens is 162 g/mol. The van der Waals surface area contributed by atoms with Crippen LogP contribution in [-0.4, -0.2) is 23.9 Å². The maximum atomic E-state index is 11.7. The molecule has 0 heterocycles. The van der Waals surface area contributed by atoms with Gasteiger partial charge < -0.3 is 4.90 Å². The van der Waals surface area contributed by atoms with Crippen molar-refractivity contribution >= 4 is 5.91 Å². The number of hydrogen-bond donors (Lipinski definition) is 0. The maximum absolute atomic E-state index is 11.7. The van der Waals surface area contributed by atoms with Crippen molar-refractivity contribution in [1.29, 1.82) is 0 Å². The highest BCUT2D eigenvalue weighted by molar-refractivity contribution is 5.78. The Kier molecular flexibility index (Phi) is 6.65. The van der Waals surface area contributed by atoms with E-state index in [1.165, 1.54) is 0 Å². The molecule has 0 rings (SSSR count). The van der Waals surface area contributed by atoms with Gasteiger partial charge in [-0.2, -0.15) is 0 Å². The van der Waals surface area contributed by atoms with Crippen LogP contribution in [0.2, 0.25) is 0 Å². The van der Waals surface area contributed by atoms with Crippen LogP contribution in [0.4, 0.5) is 0 Å². The monoisotopic (exact) mass is 185 g/mol. The van der Waals surface area contributed by atoms with Gasteiger partial charge in [0.05, 0.1) is 0 Å². The van der Waals surface area contributed by atoms with Gasteiger partial charge in [0.2, 0.25) is 5.91 Å². The Labute approximate surface area is 82.3 Å². The van der Waals surface area contributed by atoms with E-state index in [1.807, 2.05) is 18.7 Å². The zero-order valence-corrected chi connectivity index (χ0v) is 9.47. The van der Waals surface area contributed by atoms with Gasteiger partial charge in [0, 0.05) is 19.0 Å². The maximum Gasteiger partial charge on any atom is 0.225 e. The minimum atomic E-state index is 0.142. The van der Waals surface area contributed by atoms with E-state index < -0.39 is 0 Å². The summed E-state index contributed by atoms with van der Waals surface area (Å²) < 4.78 is 0. The molecule has 2 nitrogen and oxygen atoms in total. The minimum Gasteiger partial charge on any atom is -0.342 e. The molecule has 1 amide bonds. The van der Waals surface area contributed by atoms with E-state index >= 15 is 0 Å². The first-order chi connectivity index (χ1) is 6.13. The SMILES string of the molecule is CCCCN(CCC)C(=O)C(C)C. The molecule has 0 bridgehead atoms. The van der Waals surface area contributed by atoms with Crippen molar-refractivity contribution in [2.75, 3.05) is 13.1 Å². The first kappa shape index (κ1) is 12.5. The Morgan fingerprint density at radius 3 is 2.15 bits per heavy atom. The van der Waals surface area contributed by atoms with Crippen LogP contribution in [0.5, 0.6) is 0 Å². The fraction of sp³-hybridized carbons (Fsp3) is 0.909. The molecule has 0 aromatic rings. The summed E-state index contributed by atoms with van der Waals surface area (Å²) in [7, 11) is 0. The van der Waals surface area contributed by atoms with Crippen molar-refractivity contribution in [2.24, 2.45) is 5.92 Å². The lowest BCUT2D eigenvalue weighted by atomic mass is 10.1. The summed E-state index contributed by atoms with van der Waals surface area (Å²) in [6, 6.07) is 0. The van der Waals surface area contributed by atoms with Crippen molar-refractivity contribution < 1.29 is 4.79 Å². The predicted molar refractivity (Wildman–Crippen MR) is 56.6 cm³/mol. The van der Waals surface area contributed by atoms with Gasteiger partial charge >= 0.3 is 0 Å². The number of carbonyl (C=O) groups is 1.